The van der Waals surface area contributed by atoms with Crippen LogP contribution in [0.15, 0.2) is 35.6 Å². The van der Waals surface area contributed by atoms with Crippen LogP contribution in [0.25, 0.3) is 0 Å². The van der Waals surface area contributed by atoms with E-state index in [0.29, 0.717) is 16.5 Å². The number of aryl methyl sites for hydroxylation is 1. The van der Waals surface area contributed by atoms with Gasteiger partial charge >= 0.3 is 0 Å². The highest BCUT2D eigenvalue weighted by Crippen LogP contribution is 2.22. The van der Waals surface area contributed by atoms with E-state index in [1.165, 1.54) is 23.9 Å². The first-order valence-electron chi connectivity index (χ1n) is 5.69. The highest BCUT2D eigenvalue weighted by atomic mass is 32.2. The number of hydrogen-bond donors (Lipinski definition) is 1. The third-order valence-electron chi connectivity index (χ3n) is 2.53. The van der Waals surface area contributed by atoms with Crippen molar-refractivity contribution in [1.29, 1.82) is 0 Å². The number of nitrogens with two attached hydrogens (primary N) is 1. The van der Waals surface area contributed by atoms with Crippen molar-refractivity contribution in [3.63, 3.8) is 0 Å². The van der Waals surface area contributed by atoms with Gasteiger partial charge in [-0.3, -0.25) is 0 Å². The van der Waals surface area contributed by atoms with Gasteiger partial charge in [0, 0.05) is 35.3 Å². The Morgan fingerprint density at radius 2 is 2.11 bits per heavy atom. The highest BCUT2D eigenvalue weighted by molar-refractivity contribution is 7.99. The smallest absolute Gasteiger partial charge is 0.187 e. The SMILES string of the molecule is Cc1ccnc(SCC(N)c2ccc(F)cc2F)n1. The van der Waals surface area contributed by atoms with Crippen LogP contribution in [0.1, 0.15) is 17.3 Å². The minimum absolute atomic E-state index is 0.293. The molecule has 1 heterocycles. The van der Waals surface area contributed by atoms with Gasteiger partial charge in [0.05, 0.1) is 0 Å². The summed E-state index contributed by atoms with van der Waals surface area (Å²) in [5.74, 6) is -0.812. The van der Waals surface area contributed by atoms with E-state index in [1.54, 1.807) is 12.3 Å². The molecule has 0 aliphatic carbocycles. The zero-order valence-electron chi connectivity index (χ0n) is 10.3. The van der Waals surface area contributed by atoms with E-state index in [-0.39, 0.29) is 0 Å². The molecule has 0 saturated carbocycles. The molecule has 0 amide bonds. The molecular formula is C13H13F2N3S. The quantitative estimate of drug-likeness (QED) is 0.691. The Bertz CT molecular complexity index is 578. The first kappa shape index (κ1) is 13.9. The van der Waals surface area contributed by atoms with Crippen molar-refractivity contribution < 1.29 is 8.78 Å². The molecule has 3 nitrogen and oxygen atoms in total. The van der Waals surface area contributed by atoms with Gasteiger partial charge in [-0.25, -0.2) is 18.7 Å². The van der Waals surface area contributed by atoms with Crippen molar-refractivity contribution in [2.45, 2.75) is 18.1 Å². The van der Waals surface area contributed by atoms with E-state index in [2.05, 4.69) is 9.97 Å². The summed E-state index contributed by atoms with van der Waals surface area (Å²) in [6.07, 6.45) is 1.66. The second kappa shape index (κ2) is 6.08. The van der Waals surface area contributed by atoms with Gasteiger partial charge in [0.2, 0.25) is 0 Å². The summed E-state index contributed by atoms with van der Waals surface area (Å²) in [5.41, 5.74) is 7.05. The molecular weight excluding hydrogens is 268 g/mol. The molecule has 2 aromatic rings. The van der Waals surface area contributed by atoms with Crippen LogP contribution in [0.2, 0.25) is 0 Å². The summed E-state index contributed by atoms with van der Waals surface area (Å²) in [5, 5.41) is 0.595. The Balaban J connectivity index is 2.03. The molecule has 0 aliphatic rings. The van der Waals surface area contributed by atoms with Gasteiger partial charge in [-0.2, -0.15) is 0 Å². The number of hydrogen-bond acceptors (Lipinski definition) is 4. The maximum absolute atomic E-state index is 13.5. The second-order valence-electron chi connectivity index (χ2n) is 4.06. The lowest BCUT2D eigenvalue weighted by atomic mass is 10.1. The van der Waals surface area contributed by atoms with E-state index in [9.17, 15) is 8.78 Å². The summed E-state index contributed by atoms with van der Waals surface area (Å²) >= 11 is 1.34. The maximum atomic E-state index is 13.5. The lowest BCUT2D eigenvalue weighted by Gasteiger charge is -2.12. The Morgan fingerprint density at radius 1 is 1.32 bits per heavy atom. The fourth-order valence-corrected chi connectivity index (χ4v) is 2.40. The molecule has 100 valence electrons. The van der Waals surface area contributed by atoms with E-state index < -0.39 is 17.7 Å². The molecule has 0 fully saturated rings. The predicted octanol–water partition coefficient (Wildman–Crippen LogP) is 2.86. The largest absolute Gasteiger partial charge is 0.323 e. The van der Waals surface area contributed by atoms with Crippen LogP contribution < -0.4 is 5.73 Å². The number of thioether (sulfide) groups is 1. The highest BCUT2D eigenvalue weighted by Gasteiger charge is 2.13. The molecule has 1 aromatic heterocycles. The molecule has 0 aliphatic heterocycles. The average molecular weight is 281 g/mol. The maximum Gasteiger partial charge on any atom is 0.187 e. The Hall–Kier alpha value is -1.53. The van der Waals surface area contributed by atoms with Crippen molar-refractivity contribution in [3.05, 3.63) is 53.4 Å². The zero-order valence-corrected chi connectivity index (χ0v) is 11.1. The van der Waals surface area contributed by atoms with Crippen molar-refractivity contribution >= 4 is 11.8 Å². The lowest BCUT2D eigenvalue weighted by Crippen LogP contribution is -2.15. The van der Waals surface area contributed by atoms with E-state index in [1.807, 2.05) is 6.92 Å². The van der Waals surface area contributed by atoms with Crippen LogP contribution >= 0.6 is 11.8 Å². The molecule has 1 atom stereocenters. The first-order valence-corrected chi connectivity index (χ1v) is 6.68. The summed E-state index contributed by atoms with van der Waals surface area (Å²) in [6.45, 7) is 1.87. The van der Waals surface area contributed by atoms with E-state index in [4.69, 9.17) is 5.73 Å². The topological polar surface area (TPSA) is 51.8 Å². The monoisotopic (exact) mass is 281 g/mol. The van der Waals surface area contributed by atoms with Crippen molar-refractivity contribution in [2.75, 3.05) is 5.75 Å². The summed E-state index contributed by atoms with van der Waals surface area (Å²) in [6, 6.07) is 4.67. The third-order valence-corrected chi connectivity index (χ3v) is 3.51. The van der Waals surface area contributed by atoms with Gasteiger partial charge < -0.3 is 5.73 Å². The zero-order chi connectivity index (χ0) is 13.8. The fourth-order valence-electron chi connectivity index (χ4n) is 1.55. The Labute approximate surface area is 114 Å². The molecule has 2 N–H and O–H groups in total. The standard InChI is InChI=1S/C13H13F2N3S/c1-8-4-5-17-13(18-8)19-7-12(16)10-3-2-9(14)6-11(10)15/h2-6,12H,7,16H2,1H3. The molecule has 0 bridgehead atoms. The van der Waals surface area contributed by atoms with Gasteiger partial charge in [0.25, 0.3) is 0 Å². The van der Waals surface area contributed by atoms with Crippen LogP contribution in [-0.4, -0.2) is 15.7 Å². The van der Waals surface area contributed by atoms with Crippen molar-refractivity contribution in [3.8, 4) is 0 Å². The molecule has 0 spiro atoms. The summed E-state index contributed by atoms with van der Waals surface area (Å²) in [4.78, 5) is 8.30. The molecule has 19 heavy (non-hydrogen) atoms. The minimum Gasteiger partial charge on any atom is -0.323 e. The molecule has 6 heteroatoms. The molecule has 1 unspecified atom stereocenters. The normalized spacial score (nSPS) is 12.4. The van der Waals surface area contributed by atoms with Crippen LogP contribution in [0, 0.1) is 18.6 Å². The van der Waals surface area contributed by atoms with Gasteiger partial charge in [0.15, 0.2) is 5.16 Å². The fraction of sp³-hybridized carbons (Fsp3) is 0.231. The average Bonchev–Trinajstić information content (AvgIpc) is 2.36. The van der Waals surface area contributed by atoms with Gasteiger partial charge in [0.1, 0.15) is 11.6 Å². The minimum atomic E-state index is -0.627. The number of nitrogens with zero attached hydrogens (tertiary/aromatic N) is 2. The van der Waals surface area contributed by atoms with Crippen LogP contribution in [-0.2, 0) is 0 Å². The number of halogens is 2. The predicted molar refractivity (Wildman–Crippen MR) is 70.8 cm³/mol. The second-order valence-corrected chi connectivity index (χ2v) is 5.05. The first-order chi connectivity index (χ1) is 9.06. The number of benzene rings is 1. The summed E-state index contributed by atoms with van der Waals surface area (Å²) in [7, 11) is 0. The van der Waals surface area contributed by atoms with Gasteiger partial charge in [-0.15, -0.1) is 0 Å². The van der Waals surface area contributed by atoms with Crippen LogP contribution in [0.3, 0.4) is 0 Å². The molecule has 0 saturated heterocycles. The lowest BCUT2D eigenvalue weighted by molar-refractivity contribution is 0.563. The molecule has 1 aromatic carbocycles. The number of rotatable bonds is 4. The van der Waals surface area contributed by atoms with Crippen LogP contribution in [0.5, 0.6) is 0 Å². The molecule has 2 rings (SSSR count). The van der Waals surface area contributed by atoms with E-state index in [0.717, 1.165) is 11.8 Å². The summed E-state index contributed by atoms with van der Waals surface area (Å²) < 4.78 is 26.3. The Morgan fingerprint density at radius 3 is 2.79 bits per heavy atom. The van der Waals surface area contributed by atoms with Crippen molar-refractivity contribution in [1.82, 2.24) is 9.97 Å². The van der Waals surface area contributed by atoms with Crippen molar-refractivity contribution in [2.24, 2.45) is 5.73 Å². The van der Waals surface area contributed by atoms with E-state index >= 15 is 0 Å². The third kappa shape index (κ3) is 3.71. The Kier molecular flexibility index (Phi) is 4.44. The van der Waals surface area contributed by atoms with Gasteiger partial charge in [-0.05, 0) is 19.1 Å². The number of aromatic nitrogens is 2. The van der Waals surface area contributed by atoms with Crippen LogP contribution in [0.4, 0.5) is 8.78 Å². The molecule has 0 radical (unpaired) electrons. The van der Waals surface area contributed by atoms with Gasteiger partial charge in [-0.1, -0.05) is 17.8 Å².